The minimum atomic E-state index is -1.40. The van der Waals surface area contributed by atoms with Gasteiger partial charge < -0.3 is 5.32 Å². The second kappa shape index (κ2) is 6.42. The zero-order valence-electron chi connectivity index (χ0n) is 11.2. The van der Waals surface area contributed by atoms with Crippen LogP contribution < -0.4 is 5.32 Å². The van der Waals surface area contributed by atoms with Crippen LogP contribution in [0.1, 0.15) is 38.2 Å². The number of hydrogen-bond acceptors (Lipinski definition) is 1. The van der Waals surface area contributed by atoms with Crippen molar-refractivity contribution >= 4 is 0 Å². The molecule has 1 fully saturated rings. The van der Waals surface area contributed by atoms with Crippen LogP contribution in [0.5, 0.6) is 0 Å². The zero-order valence-corrected chi connectivity index (χ0v) is 11.2. The van der Waals surface area contributed by atoms with Crippen molar-refractivity contribution < 1.29 is 13.2 Å². The van der Waals surface area contributed by atoms with E-state index in [-0.39, 0.29) is 0 Å². The highest BCUT2D eigenvalue weighted by molar-refractivity contribution is 5.19. The molecule has 1 N–H and O–H groups in total. The summed E-state index contributed by atoms with van der Waals surface area (Å²) in [6, 6.07) is 2.10. The molecule has 106 valence electrons. The van der Waals surface area contributed by atoms with Crippen LogP contribution in [0.2, 0.25) is 0 Å². The number of rotatable bonds is 4. The van der Waals surface area contributed by atoms with E-state index in [1.54, 1.807) is 0 Å². The first-order chi connectivity index (χ1) is 9.08. The van der Waals surface area contributed by atoms with E-state index < -0.39 is 17.5 Å². The summed E-state index contributed by atoms with van der Waals surface area (Å²) in [6.45, 7) is 3.47. The fourth-order valence-corrected chi connectivity index (χ4v) is 2.81. The van der Waals surface area contributed by atoms with Crippen LogP contribution in [0.4, 0.5) is 13.2 Å². The Bertz CT molecular complexity index is 410. The average molecular weight is 271 g/mol. The summed E-state index contributed by atoms with van der Waals surface area (Å²) in [7, 11) is 0. The molecule has 1 saturated carbocycles. The molecule has 2 rings (SSSR count). The third-order valence-electron chi connectivity index (χ3n) is 4.07. The lowest BCUT2D eigenvalue weighted by Crippen LogP contribution is -2.29. The maximum atomic E-state index is 13.0. The Balaban J connectivity index is 1.85. The zero-order chi connectivity index (χ0) is 13.8. The van der Waals surface area contributed by atoms with Gasteiger partial charge in [-0.05, 0) is 42.5 Å². The van der Waals surface area contributed by atoms with E-state index in [1.165, 1.54) is 25.7 Å². The van der Waals surface area contributed by atoms with Gasteiger partial charge in [0.15, 0.2) is 17.5 Å². The standard InChI is InChI=1S/C15H20F3N/c1-10-4-2-3-5-12(10)9-19-8-11-6-13(16)15(18)14(17)7-11/h6-7,10,12,19H,2-5,8-9H2,1H3. The van der Waals surface area contributed by atoms with Crippen LogP contribution in [0.15, 0.2) is 12.1 Å². The normalized spacial score (nSPS) is 23.6. The Labute approximate surface area is 112 Å². The van der Waals surface area contributed by atoms with Gasteiger partial charge in [-0.2, -0.15) is 0 Å². The highest BCUT2D eigenvalue weighted by atomic mass is 19.2. The Hall–Kier alpha value is -1.03. The lowest BCUT2D eigenvalue weighted by Gasteiger charge is -2.28. The van der Waals surface area contributed by atoms with Gasteiger partial charge in [-0.15, -0.1) is 0 Å². The molecule has 1 nitrogen and oxygen atoms in total. The van der Waals surface area contributed by atoms with E-state index in [4.69, 9.17) is 0 Å². The first-order valence-electron chi connectivity index (χ1n) is 6.92. The number of nitrogens with one attached hydrogen (secondary N) is 1. The average Bonchev–Trinajstić information content (AvgIpc) is 2.38. The number of benzene rings is 1. The Morgan fingerprint density at radius 3 is 2.37 bits per heavy atom. The predicted molar refractivity (Wildman–Crippen MR) is 69.1 cm³/mol. The van der Waals surface area contributed by atoms with Crippen molar-refractivity contribution in [3.8, 4) is 0 Å². The van der Waals surface area contributed by atoms with E-state index in [0.29, 0.717) is 23.9 Å². The molecule has 0 aromatic heterocycles. The molecule has 1 aliphatic rings. The topological polar surface area (TPSA) is 12.0 Å². The van der Waals surface area contributed by atoms with Crippen molar-refractivity contribution in [2.75, 3.05) is 6.54 Å². The molecule has 2 unspecified atom stereocenters. The molecule has 4 heteroatoms. The lowest BCUT2D eigenvalue weighted by atomic mass is 9.80. The molecule has 0 aliphatic heterocycles. The van der Waals surface area contributed by atoms with Gasteiger partial charge in [0.2, 0.25) is 0 Å². The summed E-state index contributed by atoms with van der Waals surface area (Å²) in [5.41, 5.74) is 0.444. The molecule has 0 bridgehead atoms. The Kier molecular flexibility index (Phi) is 4.86. The first kappa shape index (κ1) is 14.4. The third-order valence-corrected chi connectivity index (χ3v) is 4.07. The highest BCUT2D eigenvalue weighted by Crippen LogP contribution is 2.28. The van der Waals surface area contributed by atoms with E-state index in [2.05, 4.69) is 12.2 Å². The fourth-order valence-electron chi connectivity index (χ4n) is 2.81. The molecule has 0 heterocycles. The summed E-state index contributed by atoms with van der Waals surface area (Å²) in [5, 5.41) is 3.22. The van der Waals surface area contributed by atoms with Gasteiger partial charge >= 0.3 is 0 Å². The van der Waals surface area contributed by atoms with Gasteiger partial charge in [-0.3, -0.25) is 0 Å². The van der Waals surface area contributed by atoms with Crippen molar-refractivity contribution in [1.29, 1.82) is 0 Å². The fraction of sp³-hybridized carbons (Fsp3) is 0.600. The molecule has 0 saturated heterocycles. The van der Waals surface area contributed by atoms with Crippen molar-refractivity contribution in [3.63, 3.8) is 0 Å². The Morgan fingerprint density at radius 1 is 1.11 bits per heavy atom. The van der Waals surface area contributed by atoms with Gasteiger partial charge in [-0.25, -0.2) is 13.2 Å². The molecule has 2 atom stereocenters. The van der Waals surface area contributed by atoms with Gasteiger partial charge in [0, 0.05) is 6.54 Å². The van der Waals surface area contributed by atoms with Crippen molar-refractivity contribution in [3.05, 3.63) is 35.1 Å². The SMILES string of the molecule is CC1CCCCC1CNCc1cc(F)c(F)c(F)c1. The van der Waals surface area contributed by atoms with E-state index in [9.17, 15) is 13.2 Å². The van der Waals surface area contributed by atoms with E-state index in [1.807, 2.05) is 0 Å². The van der Waals surface area contributed by atoms with Gasteiger partial charge in [-0.1, -0.05) is 26.2 Å². The summed E-state index contributed by atoms with van der Waals surface area (Å²) in [4.78, 5) is 0. The van der Waals surface area contributed by atoms with E-state index in [0.717, 1.165) is 18.7 Å². The summed E-state index contributed by atoms with van der Waals surface area (Å²) < 4.78 is 38.9. The van der Waals surface area contributed by atoms with Crippen LogP contribution in [-0.2, 0) is 6.54 Å². The van der Waals surface area contributed by atoms with E-state index >= 15 is 0 Å². The molecule has 19 heavy (non-hydrogen) atoms. The van der Waals surface area contributed by atoms with Crippen LogP contribution >= 0.6 is 0 Å². The molecule has 0 radical (unpaired) electrons. The molecular weight excluding hydrogens is 251 g/mol. The van der Waals surface area contributed by atoms with Crippen LogP contribution in [0.3, 0.4) is 0 Å². The van der Waals surface area contributed by atoms with Crippen molar-refractivity contribution in [1.82, 2.24) is 5.32 Å². The lowest BCUT2D eigenvalue weighted by molar-refractivity contribution is 0.247. The maximum absolute atomic E-state index is 13.0. The molecule has 0 amide bonds. The third kappa shape index (κ3) is 3.72. The first-order valence-corrected chi connectivity index (χ1v) is 6.92. The second-order valence-corrected chi connectivity index (χ2v) is 5.53. The Morgan fingerprint density at radius 2 is 1.74 bits per heavy atom. The molecule has 1 aromatic carbocycles. The molecule has 1 aromatic rings. The summed E-state index contributed by atoms with van der Waals surface area (Å²) in [5.74, 6) is -2.32. The van der Waals surface area contributed by atoms with Crippen LogP contribution in [-0.4, -0.2) is 6.54 Å². The molecular formula is C15H20F3N. The van der Waals surface area contributed by atoms with Crippen molar-refractivity contribution in [2.24, 2.45) is 11.8 Å². The number of halogens is 3. The van der Waals surface area contributed by atoms with Gasteiger partial charge in [0.05, 0.1) is 0 Å². The smallest absolute Gasteiger partial charge is 0.194 e. The largest absolute Gasteiger partial charge is 0.312 e. The number of hydrogen-bond donors (Lipinski definition) is 1. The predicted octanol–water partition coefficient (Wildman–Crippen LogP) is 4.02. The maximum Gasteiger partial charge on any atom is 0.194 e. The van der Waals surface area contributed by atoms with Crippen LogP contribution in [0, 0.1) is 29.3 Å². The quantitative estimate of drug-likeness (QED) is 0.816. The summed E-state index contributed by atoms with van der Waals surface area (Å²) in [6.07, 6.45) is 5.02. The highest BCUT2D eigenvalue weighted by Gasteiger charge is 2.20. The minimum Gasteiger partial charge on any atom is -0.312 e. The molecule has 1 aliphatic carbocycles. The molecule has 0 spiro atoms. The second-order valence-electron chi connectivity index (χ2n) is 5.53. The van der Waals surface area contributed by atoms with Crippen molar-refractivity contribution in [2.45, 2.75) is 39.2 Å². The van der Waals surface area contributed by atoms with Gasteiger partial charge in [0.25, 0.3) is 0 Å². The van der Waals surface area contributed by atoms with Gasteiger partial charge in [0.1, 0.15) is 0 Å². The summed E-state index contributed by atoms with van der Waals surface area (Å²) >= 11 is 0. The van der Waals surface area contributed by atoms with Crippen LogP contribution in [0.25, 0.3) is 0 Å². The minimum absolute atomic E-state index is 0.372. The monoisotopic (exact) mass is 271 g/mol.